The molecule has 1 aliphatic heterocycles. The van der Waals surface area contributed by atoms with Gasteiger partial charge in [-0.2, -0.15) is 0 Å². The first-order valence-electron chi connectivity index (χ1n) is 7.96. The first kappa shape index (κ1) is 16.1. The summed E-state index contributed by atoms with van der Waals surface area (Å²) in [6.07, 6.45) is 4.15. The first-order valence-corrected chi connectivity index (χ1v) is 8.34. The van der Waals surface area contributed by atoms with E-state index in [9.17, 15) is 0 Å². The Labute approximate surface area is 140 Å². The zero-order valence-corrected chi connectivity index (χ0v) is 14.1. The monoisotopic (exact) mass is 336 g/mol. The lowest BCUT2D eigenvalue weighted by molar-refractivity contribution is -0.0292. The quantitative estimate of drug-likeness (QED) is 0.779. The summed E-state index contributed by atoms with van der Waals surface area (Å²) in [5, 5.41) is 12.7. The van der Waals surface area contributed by atoms with Crippen LogP contribution in [0.4, 0.5) is 5.95 Å². The van der Waals surface area contributed by atoms with Gasteiger partial charge in [0.15, 0.2) is 0 Å². The highest BCUT2D eigenvalue weighted by atomic mass is 35.5. The predicted molar refractivity (Wildman–Crippen MR) is 87.6 cm³/mol. The number of ether oxygens (including phenoxy) is 1. The molecular weight excluding hydrogens is 316 g/mol. The Morgan fingerprint density at radius 2 is 1.96 bits per heavy atom. The van der Waals surface area contributed by atoms with E-state index >= 15 is 0 Å². The zero-order valence-electron chi connectivity index (χ0n) is 13.4. The van der Waals surface area contributed by atoms with Gasteiger partial charge in [-0.3, -0.25) is 0 Å². The first-order chi connectivity index (χ1) is 11.2. The van der Waals surface area contributed by atoms with Crippen molar-refractivity contribution in [3.05, 3.63) is 29.0 Å². The maximum Gasteiger partial charge on any atom is 0.246 e. The summed E-state index contributed by atoms with van der Waals surface area (Å²) < 4.78 is 7.84. The number of pyridine rings is 1. The second-order valence-electron chi connectivity index (χ2n) is 5.73. The van der Waals surface area contributed by atoms with Crippen LogP contribution in [0.15, 0.2) is 18.3 Å². The van der Waals surface area contributed by atoms with Crippen molar-refractivity contribution in [2.45, 2.75) is 45.4 Å². The Hall–Kier alpha value is -1.73. The molecule has 124 valence electrons. The van der Waals surface area contributed by atoms with Crippen LogP contribution in [-0.2, 0) is 11.3 Å². The van der Waals surface area contributed by atoms with Crippen molar-refractivity contribution in [1.82, 2.24) is 25.2 Å². The summed E-state index contributed by atoms with van der Waals surface area (Å²) >= 11 is 5.83. The Kier molecular flexibility index (Phi) is 5.07. The number of hydrogen-bond donors (Lipinski definition) is 0. The lowest BCUT2D eigenvalue weighted by atomic mass is 10.1. The van der Waals surface area contributed by atoms with Gasteiger partial charge < -0.3 is 9.64 Å². The number of aromatic nitrogens is 5. The van der Waals surface area contributed by atoms with E-state index in [0.717, 1.165) is 37.4 Å². The molecule has 2 aromatic rings. The van der Waals surface area contributed by atoms with Crippen LogP contribution in [0.25, 0.3) is 0 Å². The van der Waals surface area contributed by atoms with Crippen molar-refractivity contribution in [3.8, 4) is 0 Å². The van der Waals surface area contributed by atoms with Gasteiger partial charge in [0.25, 0.3) is 0 Å². The number of hydrogen-bond acceptors (Lipinski definition) is 6. The molecule has 0 aliphatic carbocycles. The van der Waals surface area contributed by atoms with Crippen molar-refractivity contribution in [2.75, 3.05) is 18.0 Å². The third kappa shape index (κ3) is 3.79. The van der Waals surface area contributed by atoms with E-state index in [1.165, 1.54) is 0 Å². The fourth-order valence-corrected chi connectivity index (χ4v) is 2.85. The van der Waals surface area contributed by atoms with Crippen molar-refractivity contribution < 1.29 is 4.74 Å². The van der Waals surface area contributed by atoms with E-state index in [-0.39, 0.29) is 12.2 Å². The van der Waals surface area contributed by atoms with Crippen molar-refractivity contribution in [1.29, 1.82) is 0 Å². The van der Waals surface area contributed by atoms with E-state index < -0.39 is 0 Å². The van der Waals surface area contributed by atoms with Crippen molar-refractivity contribution in [3.63, 3.8) is 0 Å². The smallest absolute Gasteiger partial charge is 0.246 e. The molecule has 1 saturated heterocycles. The molecule has 0 saturated carbocycles. The minimum absolute atomic E-state index is 0.219. The van der Waals surface area contributed by atoms with Crippen molar-refractivity contribution >= 4 is 17.5 Å². The van der Waals surface area contributed by atoms with Crippen molar-refractivity contribution in [2.24, 2.45) is 0 Å². The second kappa shape index (κ2) is 7.23. The molecule has 2 atom stereocenters. The molecule has 23 heavy (non-hydrogen) atoms. The summed E-state index contributed by atoms with van der Waals surface area (Å²) in [6, 6.07) is 3.71. The molecule has 2 aromatic heterocycles. The maximum atomic E-state index is 6.04. The van der Waals surface area contributed by atoms with Gasteiger partial charge >= 0.3 is 0 Å². The molecular formula is C15H21ClN6O. The van der Waals surface area contributed by atoms with Crippen LogP contribution in [0.1, 0.15) is 32.3 Å². The second-order valence-corrected chi connectivity index (χ2v) is 6.11. The number of halogens is 1. The largest absolute Gasteiger partial charge is 0.371 e. The van der Waals surface area contributed by atoms with E-state index in [0.29, 0.717) is 11.7 Å². The van der Waals surface area contributed by atoms with Gasteiger partial charge in [-0.05, 0) is 34.9 Å². The molecule has 0 N–H and O–H groups in total. The molecule has 0 aromatic carbocycles. The summed E-state index contributed by atoms with van der Waals surface area (Å²) in [6.45, 7) is 6.47. The molecule has 8 heteroatoms. The summed E-state index contributed by atoms with van der Waals surface area (Å²) in [4.78, 5) is 6.32. The van der Waals surface area contributed by atoms with Crippen LogP contribution in [0.3, 0.4) is 0 Å². The zero-order chi connectivity index (χ0) is 16.2. The Morgan fingerprint density at radius 1 is 1.22 bits per heavy atom. The lowest BCUT2D eigenvalue weighted by Crippen LogP contribution is -2.48. The van der Waals surface area contributed by atoms with Gasteiger partial charge in [0.1, 0.15) is 5.15 Å². The Bertz CT molecular complexity index is 619. The fraction of sp³-hybridized carbons (Fsp3) is 0.600. The van der Waals surface area contributed by atoms with Crippen LogP contribution >= 0.6 is 11.6 Å². The number of morpholine rings is 1. The standard InChI is InChI=1S/C15H21ClN6O/c1-3-12-9-21(10-13(4-2)23-12)15-18-19-20-22(15)8-11-5-6-14(16)17-7-11/h5-7,12-13H,3-4,8-10H2,1-2H3. The molecule has 3 heterocycles. The molecule has 0 spiro atoms. The minimum atomic E-state index is 0.219. The highest BCUT2D eigenvalue weighted by molar-refractivity contribution is 6.29. The minimum Gasteiger partial charge on any atom is -0.371 e. The number of tetrazole rings is 1. The third-order valence-electron chi connectivity index (χ3n) is 4.06. The maximum absolute atomic E-state index is 6.04. The summed E-state index contributed by atoms with van der Waals surface area (Å²) in [5.74, 6) is 0.778. The van der Waals surface area contributed by atoms with Gasteiger partial charge in [0.05, 0.1) is 18.8 Å². The molecule has 0 bridgehead atoms. The number of nitrogens with zero attached hydrogens (tertiary/aromatic N) is 6. The number of rotatable bonds is 5. The topological polar surface area (TPSA) is 69.0 Å². The average Bonchev–Trinajstić information content (AvgIpc) is 3.04. The van der Waals surface area contributed by atoms with Crippen LogP contribution in [0.2, 0.25) is 5.15 Å². The average molecular weight is 337 g/mol. The summed E-state index contributed by atoms with van der Waals surface area (Å²) in [7, 11) is 0. The highest BCUT2D eigenvalue weighted by Crippen LogP contribution is 2.21. The third-order valence-corrected chi connectivity index (χ3v) is 4.28. The highest BCUT2D eigenvalue weighted by Gasteiger charge is 2.28. The van der Waals surface area contributed by atoms with Gasteiger partial charge in [0.2, 0.25) is 5.95 Å². The molecule has 1 fully saturated rings. The van der Waals surface area contributed by atoms with E-state index in [4.69, 9.17) is 16.3 Å². The van der Waals surface area contributed by atoms with Crippen LogP contribution < -0.4 is 4.90 Å². The van der Waals surface area contributed by atoms with E-state index in [2.05, 4.69) is 39.3 Å². The normalized spacial score (nSPS) is 21.6. The molecule has 2 unspecified atom stereocenters. The number of anilines is 1. The Balaban J connectivity index is 1.78. The van der Waals surface area contributed by atoms with Gasteiger partial charge in [0, 0.05) is 19.3 Å². The molecule has 0 amide bonds. The molecule has 0 radical (unpaired) electrons. The van der Waals surface area contributed by atoms with Gasteiger partial charge in [-0.1, -0.05) is 36.6 Å². The van der Waals surface area contributed by atoms with Crippen LogP contribution in [0.5, 0.6) is 0 Å². The van der Waals surface area contributed by atoms with E-state index in [1.807, 2.05) is 6.07 Å². The molecule has 7 nitrogen and oxygen atoms in total. The fourth-order valence-electron chi connectivity index (χ4n) is 2.74. The Morgan fingerprint density at radius 3 is 2.57 bits per heavy atom. The van der Waals surface area contributed by atoms with Crippen LogP contribution in [0, 0.1) is 0 Å². The van der Waals surface area contributed by atoms with Gasteiger partial charge in [-0.25, -0.2) is 9.67 Å². The van der Waals surface area contributed by atoms with Gasteiger partial charge in [-0.15, -0.1) is 0 Å². The molecule has 3 rings (SSSR count). The van der Waals surface area contributed by atoms with Crippen LogP contribution in [-0.4, -0.2) is 50.5 Å². The van der Waals surface area contributed by atoms with E-state index in [1.54, 1.807) is 16.9 Å². The molecule has 1 aliphatic rings. The lowest BCUT2D eigenvalue weighted by Gasteiger charge is -2.37. The SMILES string of the molecule is CCC1CN(c2nnnn2Cc2ccc(Cl)nc2)CC(CC)O1. The predicted octanol–water partition coefficient (Wildman–Crippen LogP) is 2.16. The summed E-state index contributed by atoms with van der Waals surface area (Å²) in [5.41, 5.74) is 1.01.